The summed E-state index contributed by atoms with van der Waals surface area (Å²) < 4.78 is 0. The van der Waals surface area contributed by atoms with Gasteiger partial charge in [-0.25, -0.2) is 9.59 Å². The Labute approximate surface area is 189 Å². The van der Waals surface area contributed by atoms with E-state index in [0.29, 0.717) is 62.9 Å². The minimum Gasteiger partial charge on any atom is -0.339 e. The molecule has 1 aromatic carbocycles. The predicted octanol–water partition coefficient (Wildman–Crippen LogP) is 1.97. The molecule has 0 spiro atoms. The van der Waals surface area contributed by atoms with Crippen LogP contribution < -0.4 is 5.32 Å². The molecule has 0 aromatic heterocycles. The third-order valence-corrected chi connectivity index (χ3v) is 7.57. The SMILES string of the molecule is O=C(NCc1ccccc1)N1CCN(C(=O)N2C[C@@H]3C[C@H](C2)[C@H]2CCCC(=O)N2C3)CC1. The van der Waals surface area contributed by atoms with Gasteiger partial charge in [0.2, 0.25) is 5.91 Å². The maximum Gasteiger partial charge on any atom is 0.320 e. The topological polar surface area (TPSA) is 76.2 Å². The van der Waals surface area contributed by atoms with Gasteiger partial charge in [0.15, 0.2) is 0 Å². The Morgan fingerprint density at radius 1 is 0.938 bits per heavy atom. The first-order valence-electron chi connectivity index (χ1n) is 12.0. The highest BCUT2D eigenvalue weighted by Gasteiger charge is 2.45. The molecule has 1 aromatic rings. The van der Waals surface area contributed by atoms with Crippen LogP contribution in [0.15, 0.2) is 30.3 Å². The molecular weight excluding hydrogens is 406 g/mol. The molecule has 1 N–H and O–H groups in total. The highest BCUT2D eigenvalue weighted by molar-refractivity contribution is 5.78. The molecule has 5 rings (SSSR count). The van der Waals surface area contributed by atoms with Gasteiger partial charge >= 0.3 is 12.1 Å². The number of carbonyl (C=O) groups excluding carboxylic acids is 3. The largest absolute Gasteiger partial charge is 0.339 e. The fourth-order valence-corrected chi connectivity index (χ4v) is 5.95. The number of piperazine rings is 1. The lowest BCUT2D eigenvalue weighted by Crippen LogP contribution is -2.63. The highest BCUT2D eigenvalue weighted by Crippen LogP contribution is 2.38. The van der Waals surface area contributed by atoms with Crippen LogP contribution in [-0.2, 0) is 11.3 Å². The second-order valence-corrected chi connectivity index (χ2v) is 9.67. The maximum absolute atomic E-state index is 13.2. The van der Waals surface area contributed by atoms with E-state index in [0.717, 1.165) is 44.5 Å². The van der Waals surface area contributed by atoms with Crippen molar-refractivity contribution in [3.05, 3.63) is 35.9 Å². The van der Waals surface area contributed by atoms with Crippen LogP contribution in [0.3, 0.4) is 0 Å². The molecule has 8 heteroatoms. The Morgan fingerprint density at radius 2 is 1.69 bits per heavy atom. The number of likely N-dealkylation sites (tertiary alicyclic amines) is 1. The van der Waals surface area contributed by atoms with E-state index in [4.69, 9.17) is 0 Å². The van der Waals surface area contributed by atoms with Crippen molar-refractivity contribution in [3.63, 3.8) is 0 Å². The average Bonchev–Trinajstić information content (AvgIpc) is 2.83. The van der Waals surface area contributed by atoms with Crippen molar-refractivity contribution in [3.8, 4) is 0 Å². The Balaban J connectivity index is 1.12. The number of hydrogen-bond acceptors (Lipinski definition) is 3. The summed E-state index contributed by atoms with van der Waals surface area (Å²) in [5, 5.41) is 2.97. The number of piperidine rings is 3. The normalized spacial score (nSPS) is 27.8. The third-order valence-electron chi connectivity index (χ3n) is 7.57. The van der Waals surface area contributed by atoms with E-state index < -0.39 is 0 Å². The van der Waals surface area contributed by atoms with Crippen LogP contribution in [0, 0.1) is 11.8 Å². The van der Waals surface area contributed by atoms with Crippen LogP contribution in [-0.4, -0.2) is 89.4 Å². The molecule has 4 fully saturated rings. The van der Waals surface area contributed by atoms with E-state index >= 15 is 0 Å². The molecule has 4 aliphatic heterocycles. The Morgan fingerprint density at radius 3 is 2.47 bits per heavy atom. The number of rotatable bonds is 2. The lowest BCUT2D eigenvalue weighted by molar-refractivity contribution is -0.144. The Bertz CT molecular complexity index is 854. The van der Waals surface area contributed by atoms with Crippen molar-refractivity contribution in [2.75, 3.05) is 45.8 Å². The number of nitrogens with zero attached hydrogens (tertiary/aromatic N) is 4. The summed E-state index contributed by atoms with van der Waals surface area (Å²) in [5.41, 5.74) is 1.07. The smallest absolute Gasteiger partial charge is 0.320 e. The van der Waals surface area contributed by atoms with Gasteiger partial charge in [0.25, 0.3) is 0 Å². The molecule has 172 valence electrons. The fraction of sp³-hybridized carbons (Fsp3) is 0.625. The van der Waals surface area contributed by atoms with Crippen molar-refractivity contribution < 1.29 is 14.4 Å². The first-order chi connectivity index (χ1) is 15.6. The molecule has 8 nitrogen and oxygen atoms in total. The molecule has 4 aliphatic rings. The summed E-state index contributed by atoms with van der Waals surface area (Å²) in [4.78, 5) is 45.9. The van der Waals surface area contributed by atoms with Gasteiger partial charge in [-0.1, -0.05) is 30.3 Å². The molecule has 2 bridgehead atoms. The number of amides is 5. The van der Waals surface area contributed by atoms with Crippen LogP contribution in [0.1, 0.15) is 31.2 Å². The van der Waals surface area contributed by atoms with Gasteiger partial charge < -0.3 is 24.9 Å². The Hall–Kier alpha value is -2.77. The van der Waals surface area contributed by atoms with Crippen LogP contribution in [0.25, 0.3) is 0 Å². The quantitative estimate of drug-likeness (QED) is 0.766. The van der Waals surface area contributed by atoms with Gasteiger partial charge in [0, 0.05) is 64.8 Å². The zero-order valence-corrected chi connectivity index (χ0v) is 18.6. The van der Waals surface area contributed by atoms with Gasteiger partial charge in [0.05, 0.1) is 0 Å². The van der Waals surface area contributed by atoms with Crippen molar-refractivity contribution in [2.24, 2.45) is 11.8 Å². The lowest BCUT2D eigenvalue weighted by atomic mass is 9.76. The van der Waals surface area contributed by atoms with E-state index in [1.165, 1.54) is 0 Å². The molecule has 0 radical (unpaired) electrons. The summed E-state index contributed by atoms with van der Waals surface area (Å²) >= 11 is 0. The predicted molar refractivity (Wildman–Crippen MR) is 120 cm³/mol. The van der Waals surface area contributed by atoms with Gasteiger partial charge in [-0.15, -0.1) is 0 Å². The van der Waals surface area contributed by atoms with E-state index in [1.807, 2.05) is 40.1 Å². The number of carbonyl (C=O) groups is 3. The fourth-order valence-electron chi connectivity index (χ4n) is 5.95. The first kappa shape index (κ1) is 21.1. The summed E-state index contributed by atoms with van der Waals surface area (Å²) in [6, 6.07) is 10.2. The minimum absolute atomic E-state index is 0.0736. The number of benzene rings is 1. The second kappa shape index (κ2) is 9.00. The van der Waals surface area contributed by atoms with Crippen molar-refractivity contribution >= 4 is 18.0 Å². The maximum atomic E-state index is 13.2. The zero-order valence-electron chi connectivity index (χ0n) is 18.6. The average molecular weight is 440 g/mol. The van der Waals surface area contributed by atoms with Crippen LogP contribution in [0.4, 0.5) is 9.59 Å². The summed E-state index contributed by atoms with van der Waals surface area (Å²) in [7, 11) is 0. The van der Waals surface area contributed by atoms with E-state index in [-0.39, 0.29) is 12.1 Å². The highest BCUT2D eigenvalue weighted by atomic mass is 16.2. The van der Waals surface area contributed by atoms with Gasteiger partial charge in [-0.2, -0.15) is 0 Å². The molecule has 4 saturated heterocycles. The van der Waals surface area contributed by atoms with Crippen molar-refractivity contribution in [2.45, 2.75) is 38.3 Å². The monoisotopic (exact) mass is 439 g/mol. The molecule has 5 amide bonds. The zero-order chi connectivity index (χ0) is 22.1. The molecule has 3 atom stereocenters. The molecule has 0 saturated carbocycles. The lowest BCUT2D eigenvalue weighted by Gasteiger charge is -2.53. The molecular formula is C24H33N5O3. The van der Waals surface area contributed by atoms with E-state index in [1.54, 1.807) is 4.90 Å². The van der Waals surface area contributed by atoms with Crippen molar-refractivity contribution in [1.82, 2.24) is 24.9 Å². The summed E-state index contributed by atoms with van der Waals surface area (Å²) in [5.74, 6) is 1.10. The van der Waals surface area contributed by atoms with E-state index in [9.17, 15) is 14.4 Å². The standard InChI is InChI=1S/C24H33N5O3/c30-22-8-4-7-21-20-13-19(16-29(21)22)15-28(17-20)24(32)27-11-9-26(10-12-27)23(31)25-14-18-5-2-1-3-6-18/h1-3,5-6,19-21H,4,7-17H2,(H,25,31)/t19-,20+,21+/m0/s1. The number of urea groups is 2. The van der Waals surface area contributed by atoms with Crippen LogP contribution in [0.2, 0.25) is 0 Å². The van der Waals surface area contributed by atoms with Crippen molar-refractivity contribution in [1.29, 1.82) is 0 Å². The third kappa shape index (κ3) is 4.27. The molecule has 0 aliphatic carbocycles. The van der Waals surface area contributed by atoms with Gasteiger partial charge in [0.1, 0.15) is 0 Å². The van der Waals surface area contributed by atoms with E-state index in [2.05, 4.69) is 10.2 Å². The van der Waals surface area contributed by atoms with Crippen LogP contribution in [0.5, 0.6) is 0 Å². The van der Waals surface area contributed by atoms with Gasteiger partial charge in [-0.3, -0.25) is 4.79 Å². The molecule has 4 heterocycles. The minimum atomic E-state index is -0.0736. The molecule has 0 unspecified atom stereocenters. The Kier molecular flexibility index (Phi) is 5.93. The van der Waals surface area contributed by atoms with Gasteiger partial charge in [-0.05, 0) is 36.7 Å². The number of nitrogens with one attached hydrogen (secondary N) is 1. The number of fused-ring (bicyclic) bond motifs is 4. The summed E-state index contributed by atoms with van der Waals surface area (Å²) in [6.07, 6.45) is 3.86. The first-order valence-corrected chi connectivity index (χ1v) is 12.0. The number of hydrogen-bond donors (Lipinski definition) is 1. The second-order valence-electron chi connectivity index (χ2n) is 9.67. The van der Waals surface area contributed by atoms with Crippen LogP contribution >= 0.6 is 0 Å². The summed E-state index contributed by atoms with van der Waals surface area (Å²) in [6.45, 7) is 5.05. The molecule has 32 heavy (non-hydrogen) atoms.